The van der Waals surface area contributed by atoms with Gasteiger partial charge in [0.25, 0.3) is 5.56 Å². The molecule has 5 rings (SSSR count). The van der Waals surface area contributed by atoms with E-state index in [9.17, 15) is 9.59 Å². The fourth-order valence-corrected chi connectivity index (χ4v) is 3.58. The summed E-state index contributed by atoms with van der Waals surface area (Å²) in [5.74, 6) is 0.610. The van der Waals surface area contributed by atoms with E-state index >= 15 is 0 Å². The average Bonchev–Trinajstić information content (AvgIpc) is 3.35. The number of hydrogen-bond donors (Lipinski definition) is 1. The van der Waals surface area contributed by atoms with Crippen LogP contribution in [0.3, 0.4) is 0 Å². The summed E-state index contributed by atoms with van der Waals surface area (Å²) in [4.78, 5) is 29.1. The summed E-state index contributed by atoms with van der Waals surface area (Å²) < 4.78 is 8.49. The number of pyridine rings is 1. The maximum atomic E-state index is 12.7. The molecule has 4 heterocycles. The van der Waals surface area contributed by atoms with E-state index in [2.05, 4.69) is 30.7 Å². The molecule has 1 unspecified atom stereocenters. The third-order valence-electron chi connectivity index (χ3n) is 5.45. The van der Waals surface area contributed by atoms with Crippen LogP contribution in [-0.2, 0) is 4.79 Å². The molecule has 11 nitrogen and oxygen atoms in total. The van der Waals surface area contributed by atoms with E-state index in [4.69, 9.17) is 4.74 Å². The molecule has 0 radical (unpaired) electrons. The van der Waals surface area contributed by atoms with E-state index in [0.717, 1.165) is 15.8 Å². The molecule has 1 N–H and O–H groups in total. The van der Waals surface area contributed by atoms with Crippen molar-refractivity contribution in [1.82, 2.24) is 39.9 Å². The van der Waals surface area contributed by atoms with Crippen LogP contribution < -0.4 is 15.6 Å². The third-order valence-corrected chi connectivity index (χ3v) is 5.45. The van der Waals surface area contributed by atoms with Crippen LogP contribution in [-0.4, -0.2) is 53.6 Å². The number of carbonyl (C=O) groups is 1. The molecule has 0 spiro atoms. The summed E-state index contributed by atoms with van der Waals surface area (Å²) in [6, 6.07) is 18.9. The molecule has 1 aromatic carbocycles. The van der Waals surface area contributed by atoms with Crippen LogP contribution in [0.1, 0.15) is 13.0 Å². The molecular weight excluding hydrogens is 460 g/mol. The number of fused-ring (bicyclic) bond motifs is 1. The Morgan fingerprint density at radius 3 is 2.61 bits per heavy atom. The molecule has 4 aromatic heterocycles. The Bertz CT molecular complexity index is 1550. The number of ether oxygens (including phenoxy) is 1. The van der Waals surface area contributed by atoms with Gasteiger partial charge < -0.3 is 10.1 Å². The summed E-state index contributed by atoms with van der Waals surface area (Å²) in [5.41, 5.74) is 2.40. The molecule has 0 bridgehead atoms. The van der Waals surface area contributed by atoms with E-state index in [0.29, 0.717) is 23.0 Å². The molecular formula is C25H22N8O3. The maximum Gasteiger partial charge on any atom is 0.267 e. The highest BCUT2D eigenvalue weighted by molar-refractivity contribution is 5.79. The summed E-state index contributed by atoms with van der Waals surface area (Å²) >= 11 is 0. The first kappa shape index (κ1) is 22.8. The molecule has 0 aliphatic rings. The average molecular weight is 483 g/mol. The van der Waals surface area contributed by atoms with Crippen molar-refractivity contribution >= 4 is 11.6 Å². The van der Waals surface area contributed by atoms with E-state index in [1.165, 1.54) is 6.07 Å². The molecule has 11 heteroatoms. The van der Waals surface area contributed by atoms with Gasteiger partial charge in [0, 0.05) is 35.7 Å². The maximum absolute atomic E-state index is 12.7. The van der Waals surface area contributed by atoms with Gasteiger partial charge in [0.05, 0.1) is 12.2 Å². The Hall–Kier alpha value is -4.93. The Balaban J connectivity index is 1.21. The number of carbonyl (C=O) groups excluding carboxylic acids is 1. The fraction of sp³-hybridized carbons (Fsp3) is 0.160. The van der Waals surface area contributed by atoms with Crippen LogP contribution in [0.2, 0.25) is 0 Å². The minimum atomic E-state index is -0.811. The molecule has 0 aliphatic heterocycles. The van der Waals surface area contributed by atoms with Crippen LogP contribution in [0.5, 0.6) is 5.88 Å². The first-order valence-corrected chi connectivity index (χ1v) is 11.3. The molecule has 0 fully saturated rings. The minimum Gasteiger partial charge on any atom is -0.475 e. The molecule has 0 aliphatic carbocycles. The normalized spacial score (nSPS) is 11.8. The largest absolute Gasteiger partial charge is 0.475 e. The minimum absolute atomic E-state index is 0.178. The second-order valence-corrected chi connectivity index (χ2v) is 7.89. The van der Waals surface area contributed by atoms with Gasteiger partial charge in [0.2, 0.25) is 11.8 Å². The van der Waals surface area contributed by atoms with Gasteiger partial charge in [-0.05, 0) is 31.2 Å². The van der Waals surface area contributed by atoms with Crippen LogP contribution in [0.4, 0.5) is 0 Å². The van der Waals surface area contributed by atoms with Gasteiger partial charge in [-0.2, -0.15) is 9.61 Å². The van der Waals surface area contributed by atoms with Crippen molar-refractivity contribution < 1.29 is 9.53 Å². The Kier molecular flexibility index (Phi) is 6.43. The molecule has 0 saturated heterocycles. The van der Waals surface area contributed by atoms with E-state index in [-0.39, 0.29) is 24.6 Å². The number of hydrogen-bond acceptors (Lipinski definition) is 8. The lowest BCUT2D eigenvalue weighted by molar-refractivity contribution is -0.124. The van der Waals surface area contributed by atoms with Gasteiger partial charge in [0.15, 0.2) is 11.5 Å². The fourth-order valence-electron chi connectivity index (χ4n) is 3.58. The number of rotatable bonds is 8. The Morgan fingerprint density at radius 2 is 1.81 bits per heavy atom. The van der Waals surface area contributed by atoms with Crippen LogP contribution in [0, 0.1) is 0 Å². The van der Waals surface area contributed by atoms with Crippen LogP contribution in [0.15, 0.2) is 83.9 Å². The Labute approximate surface area is 205 Å². The summed E-state index contributed by atoms with van der Waals surface area (Å²) in [7, 11) is 0. The van der Waals surface area contributed by atoms with Crippen molar-refractivity contribution in [3.63, 3.8) is 0 Å². The zero-order chi connectivity index (χ0) is 24.9. The number of nitrogens with zero attached hydrogens (tertiary/aromatic N) is 7. The zero-order valence-electron chi connectivity index (χ0n) is 19.4. The highest BCUT2D eigenvalue weighted by atomic mass is 16.5. The Morgan fingerprint density at radius 1 is 0.972 bits per heavy atom. The van der Waals surface area contributed by atoms with Gasteiger partial charge in [-0.3, -0.25) is 14.6 Å². The SMILES string of the molecule is CC(C(=O)NCCOc1ccc2nnc(-c3ccccc3)n2n1)n1nc(-c2cccnc2)ccc1=O. The highest BCUT2D eigenvalue weighted by Crippen LogP contribution is 2.18. The van der Waals surface area contributed by atoms with Crippen molar-refractivity contribution in [2.75, 3.05) is 13.2 Å². The van der Waals surface area contributed by atoms with Gasteiger partial charge in [-0.25, -0.2) is 4.68 Å². The topological polar surface area (TPSA) is 129 Å². The number of amides is 1. The molecule has 0 saturated carbocycles. The number of nitrogens with one attached hydrogen (secondary N) is 1. The van der Waals surface area contributed by atoms with E-state index in [1.54, 1.807) is 48.1 Å². The third kappa shape index (κ3) is 4.80. The highest BCUT2D eigenvalue weighted by Gasteiger charge is 2.18. The van der Waals surface area contributed by atoms with Crippen LogP contribution >= 0.6 is 0 Å². The van der Waals surface area contributed by atoms with E-state index < -0.39 is 6.04 Å². The predicted octanol–water partition coefficient (Wildman–Crippen LogP) is 2.17. The smallest absolute Gasteiger partial charge is 0.267 e. The van der Waals surface area contributed by atoms with Crippen molar-refractivity contribution in [3.05, 3.63) is 89.5 Å². The van der Waals surface area contributed by atoms with Crippen molar-refractivity contribution in [2.45, 2.75) is 13.0 Å². The first-order valence-electron chi connectivity index (χ1n) is 11.3. The molecule has 1 amide bonds. The van der Waals surface area contributed by atoms with Gasteiger partial charge >= 0.3 is 0 Å². The second-order valence-electron chi connectivity index (χ2n) is 7.89. The standard InChI is InChI=1S/C25H22N8O3/c1-17(32-23(34)12-9-20(30-32)19-8-5-13-26-16-19)25(35)27-14-15-36-22-11-10-21-28-29-24(33(21)31-22)18-6-3-2-4-7-18/h2-13,16-17H,14-15H2,1H3,(H,27,35). The van der Waals surface area contributed by atoms with Gasteiger partial charge in [-0.1, -0.05) is 30.3 Å². The van der Waals surface area contributed by atoms with Gasteiger partial charge in [0.1, 0.15) is 12.6 Å². The van der Waals surface area contributed by atoms with Crippen LogP contribution in [0.25, 0.3) is 28.3 Å². The summed E-state index contributed by atoms with van der Waals surface area (Å²) in [6.07, 6.45) is 3.30. The molecule has 5 aromatic rings. The second kappa shape index (κ2) is 10.1. The van der Waals surface area contributed by atoms with Crippen molar-refractivity contribution in [1.29, 1.82) is 0 Å². The quantitative estimate of drug-likeness (QED) is 0.333. The molecule has 180 valence electrons. The lowest BCUT2D eigenvalue weighted by Gasteiger charge is -2.15. The van der Waals surface area contributed by atoms with Crippen molar-refractivity contribution in [3.8, 4) is 28.5 Å². The summed E-state index contributed by atoms with van der Waals surface area (Å²) in [6.45, 7) is 2.01. The zero-order valence-corrected chi connectivity index (χ0v) is 19.4. The molecule has 1 atom stereocenters. The monoisotopic (exact) mass is 482 g/mol. The lowest BCUT2D eigenvalue weighted by Crippen LogP contribution is -2.38. The van der Waals surface area contributed by atoms with E-state index in [1.807, 2.05) is 36.4 Å². The number of benzene rings is 1. The molecule has 36 heavy (non-hydrogen) atoms. The van der Waals surface area contributed by atoms with Crippen molar-refractivity contribution in [2.24, 2.45) is 0 Å². The first-order chi connectivity index (χ1) is 17.6. The number of aromatic nitrogens is 7. The lowest BCUT2D eigenvalue weighted by atomic mass is 10.2. The predicted molar refractivity (Wildman–Crippen MR) is 131 cm³/mol. The summed E-state index contributed by atoms with van der Waals surface area (Å²) in [5, 5.41) is 19.9. The van der Waals surface area contributed by atoms with Gasteiger partial charge in [-0.15, -0.1) is 15.3 Å².